The van der Waals surface area contributed by atoms with E-state index in [0.717, 1.165) is 0 Å². The van der Waals surface area contributed by atoms with Crippen LogP contribution in [0.4, 0.5) is 15.8 Å². The first kappa shape index (κ1) is 22.3. The number of nitrogens with zero attached hydrogens (tertiary/aromatic N) is 3. The van der Waals surface area contributed by atoms with E-state index >= 15 is 0 Å². The number of pyridine rings is 1. The van der Waals surface area contributed by atoms with Gasteiger partial charge in [0.05, 0.1) is 13.3 Å². The Morgan fingerprint density at radius 1 is 1.03 bits per heavy atom. The van der Waals surface area contributed by atoms with Crippen LogP contribution in [0.1, 0.15) is 28.9 Å². The van der Waals surface area contributed by atoms with Crippen molar-refractivity contribution >= 4 is 34.6 Å². The standard InChI is InChI=1S/C26H21FN4O4/c1-35-21-3-2-14-30-20(15-29-23(21)30)22(32)16-4-8-18(9-5-16)31(19-10-6-17(27)7-11-19)25(34)26(12-13-26)24(28)33/h2-11,14-15H,12-13H2,1H3,(H2,28,33). The van der Waals surface area contributed by atoms with E-state index in [-0.39, 0.29) is 5.78 Å². The van der Waals surface area contributed by atoms with Crippen molar-refractivity contribution in [2.24, 2.45) is 11.1 Å². The zero-order chi connectivity index (χ0) is 24.7. The molecule has 2 N–H and O–H groups in total. The second-order valence-corrected chi connectivity index (χ2v) is 8.35. The van der Waals surface area contributed by atoms with E-state index in [1.165, 1.54) is 42.5 Å². The molecule has 9 heteroatoms. The Balaban J connectivity index is 1.51. The molecule has 5 rings (SSSR count). The fourth-order valence-corrected chi connectivity index (χ4v) is 4.10. The average molecular weight is 472 g/mol. The predicted molar refractivity (Wildman–Crippen MR) is 126 cm³/mol. The first-order valence-electron chi connectivity index (χ1n) is 10.9. The first-order valence-corrected chi connectivity index (χ1v) is 10.9. The number of aromatic nitrogens is 2. The topological polar surface area (TPSA) is 107 Å². The summed E-state index contributed by atoms with van der Waals surface area (Å²) in [6.45, 7) is 0. The number of ether oxygens (including phenoxy) is 1. The van der Waals surface area contributed by atoms with Gasteiger partial charge in [0.1, 0.15) is 16.9 Å². The van der Waals surface area contributed by atoms with Gasteiger partial charge in [0.25, 0.3) is 0 Å². The third kappa shape index (κ3) is 3.71. The van der Waals surface area contributed by atoms with Gasteiger partial charge >= 0.3 is 0 Å². The first-order chi connectivity index (χ1) is 16.9. The Hall–Kier alpha value is -4.53. The van der Waals surface area contributed by atoms with Crippen molar-refractivity contribution in [1.29, 1.82) is 0 Å². The molecule has 0 atom stereocenters. The quantitative estimate of drug-likeness (QED) is 0.326. The summed E-state index contributed by atoms with van der Waals surface area (Å²) < 4.78 is 20.5. The Morgan fingerprint density at radius 2 is 1.66 bits per heavy atom. The molecule has 176 valence electrons. The zero-order valence-electron chi connectivity index (χ0n) is 18.8. The fourth-order valence-electron chi connectivity index (χ4n) is 4.10. The molecular weight excluding hydrogens is 451 g/mol. The van der Waals surface area contributed by atoms with Gasteiger partial charge in [-0.05, 0) is 73.5 Å². The maximum atomic E-state index is 13.5. The second-order valence-electron chi connectivity index (χ2n) is 8.35. The zero-order valence-corrected chi connectivity index (χ0v) is 18.8. The molecule has 2 aromatic heterocycles. The van der Waals surface area contributed by atoms with Gasteiger partial charge in [0, 0.05) is 23.1 Å². The van der Waals surface area contributed by atoms with Crippen molar-refractivity contribution in [3.8, 4) is 5.75 Å². The highest BCUT2D eigenvalue weighted by molar-refractivity contribution is 6.16. The average Bonchev–Trinajstić information content (AvgIpc) is 3.58. The van der Waals surface area contributed by atoms with Crippen molar-refractivity contribution < 1.29 is 23.5 Å². The summed E-state index contributed by atoms with van der Waals surface area (Å²) in [6, 6.07) is 15.3. The smallest absolute Gasteiger partial charge is 0.247 e. The lowest BCUT2D eigenvalue weighted by molar-refractivity contribution is -0.133. The third-order valence-corrected chi connectivity index (χ3v) is 6.26. The van der Waals surface area contributed by atoms with Crippen molar-refractivity contribution in [3.63, 3.8) is 0 Å². The molecule has 35 heavy (non-hydrogen) atoms. The lowest BCUT2D eigenvalue weighted by atomic mass is 10.0. The molecule has 1 saturated carbocycles. The molecule has 2 heterocycles. The number of carbonyl (C=O) groups excluding carboxylic acids is 3. The van der Waals surface area contributed by atoms with Gasteiger partial charge in [-0.3, -0.25) is 23.7 Å². The van der Waals surface area contributed by atoms with Crippen molar-refractivity contribution in [2.75, 3.05) is 12.0 Å². The largest absolute Gasteiger partial charge is 0.493 e. The van der Waals surface area contributed by atoms with Crippen LogP contribution in [-0.2, 0) is 9.59 Å². The Bertz CT molecular complexity index is 1460. The number of anilines is 2. The summed E-state index contributed by atoms with van der Waals surface area (Å²) in [4.78, 5) is 44.3. The number of benzene rings is 2. The minimum Gasteiger partial charge on any atom is -0.493 e. The summed E-state index contributed by atoms with van der Waals surface area (Å²) in [5.74, 6) is -1.36. The number of methoxy groups -OCH3 is 1. The highest BCUT2D eigenvalue weighted by Gasteiger charge is 2.57. The number of ketones is 1. The van der Waals surface area contributed by atoms with Crippen LogP contribution < -0.4 is 15.4 Å². The van der Waals surface area contributed by atoms with Crippen molar-refractivity contribution in [2.45, 2.75) is 12.8 Å². The van der Waals surface area contributed by atoms with Crippen LogP contribution in [0.5, 0.6) is 5.75 Å². The van der Waals surface area contributed by atoms with Crippen LogP contribution in [0.25, 0.3) is 5.65 Å². The molecule has 0 radical (unpaired) electrons. The molecule has 0 aliphatic heterocycles. The Kier molecular flexibility index (Phi) is 5.32. The third-order valence-electron chi connectivity index (χ3n) is 6.26. The number of rotatable bonds is 7. The molecule has 1 aliphatic carbocycles. The minimum absolute atomic E-state index is 0.271. The second kappa shape index (κ2) is 8.35. The molecule has 1 fully saturated rings. The van der Waals surface area contributed by atoms with Crippen LogP contribution >= 0.6 is 0 Å². The lowest BCUT2D eigenvalue weighted by Gasteiger charge is -2.26. The molecule has 2 aromatic carbocycles. The molecule has 0 spiro atoms. The number of hydrogen-bond donors (Lipinski definition) is 1. The van der Waals surface area contributed by atoms with E-state index in [1.807, 2.05) is 0 Å². The molecule has 2 amide bonds. The number of hydrogen-bond acceptors (Lipinski definition) is 5. The number of primary amides is 1. The summed E-state index contributed by atoms with van der Waals surface area (Å²) in [6.07, 6.45) is 3.91. The molecule has 1 aliphatic rings. The van der Waals surface area contributed by atoms with Gasteiger partial charge in [-0.2, -0.15) is 0 Å². The van der Waals surface area contributed by atoms with E-state index in [4.69, 9.17) is 10.5 Å². The van der Waals surface area contributed by atoms with E-state index in [2.05, 4.69) is 4.98 Å². The van der Waals surface area contributed by atoms with E-state index in [1.54, 1.807) is 47.0 Å². The molecular formula is C26H21FN4O4. The number of fused-ring (bicyclic) bond motifs is 1. The summed E-state index contributed by atoms with van der Waals surface area (Å²) in [5, 5.41) is 0. The van der Waals surface area contributed by atoms with Crippen LogP contribution in [0.2, 0.25) is 0 Å². The summed E-state index contributed by atoms with van der Waals surface area (Å²) >= 11 is 0. The molecule has 8 nitrogen and oxygen atoms in total. The van der Waals surface area contributed by atoms with Gasteiger partial charge < -0.3 is 10.5 Å². The van der Waals surface area contributed by atoms with Gasteiger partial charge in [0.2, 0.25) is 17.6 Å². The van der Waals surface area contributed by atoms with E-state index in [0.29, 0.717) is 46.9 Å². The van der Waals surface area contributed by atoms with Gasteiger partial charge in [-0.1, -0.05) is 0 Å². The summed E-state index contributed by atoms with van der Waals surface area (Å²) in [5.41, 5.74) is 6.30. The van der Waals surface area contributed by atoms with Gasteiger partial charge in [0.15, 0.2) is 11.4 Å². The Labute approximate surface area is 199 Å². The van der Waals surface area contributed by atoms with Crippen LogP contribution in [0.3, 0.4) is 0 Å². The molecule has 0 bridgehead atoms. The van der Waals surface area contributed by atoms with E-state index < -0.39 is 23.0 Å². The minimum atomic E-state index is -1.28. The normalized spacial score (nSPS) is 13.9. The van der Waals surface area contributed by atoms with Crippen LogP contribution in [0, 0.1) is 11.2 Å². The monoisotopic (exact) mass is 472 g/mol. The van der Waals surface area contributed by atoms with Gasteiger partial charge in [-0.25, -0.2) is 9.37 Å². The molecule has 4 aromatic rings. The number of halogens is 1. The fraction of sp³-hybridized carbons (Fsp3) is 0.154. The Morgan fingerprint density at radius 3 is 2.23 bits per heavy atom. The van der Waals surface area contributed by atoms with Crippen LogP contribution in [-0.4, -0.2) is 34.1 Å². The van der Waals surface area contributed by atoms with Crippen molar-refractivity contribution in [1.82, 2.24) is 9.38 Å². The number of carbonyl (C=O) groups is 3. The predicted octanol–water partition coefficient (Wildman–Crippen LogP) is 3.64. The number of imidazole rings is 1. The van der Waals surface area contributed by atoms with Gasteiger partial charge in [-0.15, -0.1) is 0 Å². The maximum absolute atomic E-state index is 13.5. The van der Waals surface area contributed by atoms with E-state index in [9.17, 15) is 18.8 Å². The maximum Gasteiger partial charge on any atom is 0.247 e. The number of nitrogens with two attached hydrogens (primary N) is 1. The highest BCUT2D eigenvalue weighted by atomic mass is 19.1. The van der Waals surface area contributed by atoms with Crippen LogP contribution in [0.15, 0.2) is 73.1 Å². The van der Waals surface area contributed by atoms with Crippen molar-refractivity contribution in [3.05, 3.63) is 90.1 Å². The highest BCUT2D eigenvalue weighted by Crippen LogP contribution is 2.49. The molecule has 0 unspecified atom stereocenters. The summed E-state index contributed by atoms with van der Waals surface area (Å²) in [7, 11) is 1.53. The molecule has 0 saturated heterocycles. The SMILES string of the molecule is COc1cccn2c(C(=O)c3ccc(N(C(=O)C4(C(N)=O)CC4)c4ccc(F)cc4)cc3)cnc12. The number of amides is 2. The lowest BCUT2D eigenvalue weighted by Crippen LogP contribution is -2.41.